The molecule has 0 saturated heterocycles. The zero-order valence-electron chi connectivity index (χ0n) is 11.5. The van der Waals surface area contributed by atoms with Gasteiger partial charge in [0.2, 0.25) is 0 Å². The van der Waals surface area contributed by atoms with Gasteiger partial charge in [-0.3, -0.25) is 0 Å². The van der Waals surface area contributed by atoms with Crippen molar-refractivity contribution in [3.8, 4) is 6.07 Å². The van der Waals surface area contributed by atoms with Crippen molar-refractivity contribution in [1.29, 1.82) is 5.26 Å². The van der Waals surface area contributed by atoms with E-state index in [0.29, 0.717) is 17.1 Å². The van der Waals surface area contributed by atoms with Gasteiger partial charge in [-0.2, -0.15) is 5.26 Å². The molecule has 19 heavy (non-hydrogen) atoms. The molecule has 1 rings (SSSR count). The highest BCUT2D eigenvalue weighted by molar-refractivity contribution is 6.31. The van der Waals surface area contributed by atoms with Crippen LogP contribution in [0.1, 0.15) is 37.8 Å². The van der Waals surface area contributed by atoms with Gasteiger partial charge in [-0.15, -0.1) is 0 Å². The Hall–Kier alpha value is -1.08. The predicted molar refractivity (Wildman–Crippen MR) is 78.0 cm³/mol. The zero-order valence-corrected chi connectivity index (χ0v) is 12.3. The number of rotatable bonds is 7. The van der Waals surface area contributed by atoms with Gasteiger partial charge in [0, 0.05) is 30.1 Å². The first-order valence-electron chi connectivity index (χ1n) is 6.61. The molecule has 0 amide bonds. The number of nitrogens with zero attached hydrogens (tertiary/aromatic N) is 1. The van der Waals surface area contributed by atoms with E-state index in [0.717, 1.165) is 24.9 Å². The molecule has 4 heteroatoms. The van der Waals surface area contributed by atoms with E-state index in [1.54, 1.807) is 12.1 Å². The highest BCUT2D eigenvalue weighted by Gasteiger charge is 2.24. The number of aliphatic hydroxyl groups is 1. The predicted octanol–water partition coefficient (Wildman–Crippen LogP) is 3.10. The standard InChI is InChI=1S/C15H21ClN2O/c1-3-15(4-2,11-19)10-18-9-13-6-5-12(8-17)7-14(13)16/h5-7,18-19H,3-4,9-11H2,1-2H3. The van der Waals surface area contributed by atoms with Crippen molar-refractivity contribution in [1.82, 2.24) is 5.32 Å². The molecule has 0 heterocycles. The van der Waals surface area contributed by atoms with E-state index in [-0.39, 0.29) is 12.0 Å². The summed E-state index contributed by atoms with van der Waals surface area (Å²) in [6.07, 6.45) is 1.88. The topological polar surface area (TPSA) is 56.0 Å². The molecule has 3 nitrogen and oxygen atoms in total. The van der Waals surface area contributed by atoms with Crippen LogP contribution >= 0.6 is 11.6 Å². The smallest absolute Gasteiger partial charge is 0.0992 e. The van der Waals surface area contributed by atoms with Gasteiger partial charge in [0.15, 0.2) is 0 Å². The molecule has 1 aromatic carbocycles. The quantitative estimate of drug-likeness (QED) is 0.807. The summed E-state index contributed by atoms with van der Waals surface area (Å²) in [5.41, 5.74) is 1.49. The molecule has 2 N–H and O–H groups in total. The molecule has 0 spiro atoms. The summed E-state index contributed by atoms with van der Waals surface area (Å²) in [5, 5.41) is 22.2. The van der Waals surface area contributed by atoms with Crippen molar-refractivity contribution in [2.45, 2.75) is 33.2 Å². The monoisotopic (exact) mass is 280 g/mol. The fourth-order valence-electron chi connectivity index (χ4n) is 2.00. The lowest BCUT2D eigenvalue weighted by Gasteiger charge is -2.29. The average molecular weight is 281 g/mol. The maximum absolute atomic E-state index is 9.49. The first-order valence-corrected chi connectivity index (χ1v) is 6.98. The Morgan fingerprint density at radius 1 is 1.37 bits per heavy atom. The van der Waals surface area contributed by atoms with E-state index in [1.165, 1.54) is 0 Å². The molecule has 104 valence electrons. The zero-order chi connectivity index (χ0) is 14.3. The third-order valence-electron chi connectivity index (χ3n) is 3.83. The molecule has 0 atom stereocenters. The van der Waals surface area contributed by atoms with Crippen LogP contribution in [0, 0.1) is 16.7 Å². The Kier molecular flexibility index (Phi) is 6.30. The van der Waals surface area contributed by atoms with Crippen molar-refractivity contribution in [3.63, 3.8) is 0 Å². The molecule has 0 unspecified atom stereocenters. The van der Waals surface area contributed by atoms with Crippen LogP contribution in [0.25, 0.3) is 0 Å². The fourth-order valence-corrected chi connectivity index (χ4v) is 2.25. The lowest BCUT2D eigenvalue weighted by Crippen LogP contribution is -2.36. The van der Waals surface area contributed by atoms with Crippen molar-refractivity contribution in [3.05, 3.63) is 34.3 Å². The van der Waals surface area contributed by atoms with Crippen LogP contribution in [0.5, 0.6) is 0 Å². The Morgan fingerprint density at radius 3 is 2.53 bits per heavy atom. The number of hydrogen-bond acceptors (Lipinski definition) is 3. The highest BCUT2D eigenvalue weighted by Crippen LogP contribution is 2.25. The molecule has 0 aromatic heterocycles. The van der Waals surface area contributed by atoms with Gasteiger partial charge in [0.1, 0.15) is 0 Å². The largest absolute Gasteiger partial charge is 0.396 e. The number of nitrogens with one attached hydrogen (secondary N) is 1. The van der Waals surface area contributed by atoms with Crippen LogP contribution in [0.15, 0.2) is 18.2 Å². The molecule has 0 aliphatic carbocycles. The lowest BCUT2D eigenvalue weighted by molar-refractivity contribution is 0.113. The van der Waals surface area contributed by atoms with Crippen LogP contribution in [-0.2, 0) is 6.54 Å². The molecule has 0 saturated carbocycles. The summed E-state index contributed by atoms with van der Waals surface area (Å²) in [6, 6.07) is 7.38. The minimum absolute atomic E-state index is 0.0565. The summed E-state index contributed by atoms with van der Waals surface area (Å²) >= 11 is 6.12. The summed E-state index contributed by atoms with van der Waals surface area (Å²) in [4.78, 5) is 0. The molecule has 1 aromatic rings. The molecular weight excluding hydrogens is 260 g/mol. The average Bonchev–Trinajstić information content (AvgIpc) is 2.45. The Labute approximate surface area is 120 Å². The molecule has 0 fully saturated rings. The van der Waals surface area contributed by atoms with Gasteiger partial charge >= 0.3 is 0 Å². The first-order chi connectivity index (χ1) is 9.10. The van der Waals surface area contributed by atoms with Crippen molar-refractivity contribution < 1.29 is 5.11 Å². The van der Waals surface area contributed by atoms with Crippen LogP contribution in [0.2, 0.25) is 5.02 Å². The highest BCUT2D eigenvalue weighted by atomic mass is 35.5. The second-order valence-electron chi connectivity index (χ2n) is 4.89. The summed E-state index contributed by atoms with van der Waals surface area (Å²) in [7, 11) is 0. The number of benzene rings is 1. The third kappa shape index (κ3) is 4.21. The minimum Gasteiger partial charge on any atom is -0.396 e. The number of aliphatic hydroxyl groups excluding tert-OH is 1. The molecule has 0 aliphatic heterocycles. The van der Waals surface area contributed by atoms with Crippen LogP contribution < -0.4 is 5.32 Å². The number of hydrogen-bond donors (Lipinski definition) is 2. The fraction of sp³-hybridized carbons (Fsp3) is 0.533. The van der Waals surface area contributed by atoms with Gasteiger partial charge in [0.05, 0.1) is 11.6 Å². The van der Waals surface area contributed by atoms with Crippen molar-refractivity contribution in [2.75, 3.05) is 13.2 Å². The SMILES string of the molecule is CCC(CC)(CO)CNCc1ccc(C#N)cc1Cl. The Balaban J connectivity index is 2.61. The van der Waals surface area contributed by atoms with Crippen molar-refractivity contribution >= 4 is 11.6 Å². The minimum atomic E-state index is -0.0565. The van der Waals surface area contributed by atoms with E-state index < -0.39 is 0 Å². The van der Waals surface area contributed by atoms with Crippen LogP contribution in [-0.4, -0.2) is 18.3 Å². The number of nitriles is 1. The van der Waals surface area contributed by atoms with E-state index in [1.807, 2.05) is 6.07 Å². The Bertz CT molecular complexity index is 442. The van der Waals surface area contributed by atoms with E-state index in [4.69, 9.17) is 16.9 Å². The summed E-state index contributed by atoms with van der Waals surface area (Å²) < 4.78 is 0. The molecule has 0 bridgehead atoms. The lowest BCUT2D eigenvalue weighted by atomic mass is 9.83. The summed E-state index contributed by atoms with van der Waals surface area (Å²) in [5.74, 6) is 0. The molecular formula is C15H21ClN2O. The molecule has 0 aliphatic rings. The van der Waals surface area contributed by atoms with Crippen molar-refractivity contribution in [2.24, 2.45) is 5.41 Å². The first kappa shape index (κ1) is 16.0. The second kappa shape index (κ2) is 7.49. The molecule has 0 radical (unpaired) electrons. The normalized spacial score (nSPS) is 11.3. The second-order valence-corrected chi connectivity index (χ2v) is 5.29. The third-order valence-corrected chi connectivity index (χ3v) is 4.18. The van der Waals surface area contributed by atoms with Gasteiger partial charge in [-0.05, 0) is 30.5 Å². The summed E-state index contributed by atoms with van der Waals surface area (Å²) in [6.45, 7) is 5.78. The van der Waals surface area contributed by atoms with Gasteiger partial charge in [-0.1, -0.05) is 31.5 Å². The van der Waals surface area contributed by atoms with Crippen LogP contribution in [0.4, 0.5) is 0 Å². The number of halogens is 1. The van der Waals surface area contributed by atoms with Gasteiger partial charge in [-0.25, -0.2) is 0 Å². The van der Waals surface area contributed by atoms with Crippen LogP contribution in [0.3, 0.4) is 0 Å². The van der Waals surface area contributed by atoms with E-state index >= 15 is 0 Å². The van der Waals surface area contributed by atoms with Gasteiger partial charge < -0.3 is 10.4 Å². The maximum atomic E-state index is 9.49. The maximum Gasteiger partial charge on any atom is 0.0992 e. The Morgan fingerprint density at radius 2 is 2.05 bits per heavy atom. The van der Waals surface area contributed by atoms with Gasteiger partial charge in [0.25, 0.3) is 0 Å². The van der Waals surface area contributed by atoms with E-state index in [9.17, 15) is 5.11 Å². The van der Waals surface area contributed by atoms with E-state index in [2.05, 4.69) is 25.2 Å².